The molecule has 5 heteroatoms. The van der Waals surface area contributed by atoms with Crippen molar-refractivity contribution in [2.45, 2.75) is 39.3 Å². The molecule has 0 aliphatic carbocycles. The molecule has 0 amide bonds. The van der Waals surface area contributed by atoms with Crippen LogP contribution < -0.4 is 10.2 Å². The molecule has 1 N–H and O–H groups in total. The summed E-state index contributed by atoms with van der Waals surface area (Å²) >= 11 is 1.59. The van der Waals surface area contributed by atoms with Crippen molar-refractivity contribution in [2.75, 3.05) is 36.1 Å². The second kappa shape index (κ2) is 8.25. The van der Waals surface area contributed by atoms with E-state index in [2.05, 4.69) is 53.9 Å². The summed E-state index contributed by atoms with van der Waals surface area (Å²) in [5.74, 6) is 2.62. The zero-order chi connectivity index (χ0) is 14.3. The van der Waals surface area contributed by atoms with Crippen molar-refractivity contribution < 1.29 is 0 Å². The van der Waals surface area contributed by atoms with Crippen molar-refractivity contribution in [3.8, 4) is 0 Å². The van der Waals surface area contributed by atoms with Gasteiger partial charge in [-0.05, 0) is 26.0 Å². The third kappa shape index (κ3) is 4.90. The molecule has 1 atom stereocenters. The smallest absolute Gasteiger partial charge is 0.191 e. The minimum atomic E-state index is 0.676. The maximum atomic E-state index is 4.63. The molecule has 0 fully saturated rings. The number of nitrogens with one attached hydrogen (secondary N) is 1. The summed E-state index contributed by atoms with van der Waals surface area (Å²) in [7, 11) is 0. The fourth-order valence-electron chi connectivity index (χ4n) is 1.83. The Morgan fingerprint density at radius 2 is 2.05 bits per heavy atom. The SMILES string of the molecule is CCNc1cc(N(CC)CC(C)CC)nc(SC)n1. The topological polar surface area (TPSA) is 41.0 Å². The highest BCUT2D eigenvalue weighted by Crippen LogP contribution is 2.21. The van der Waals surface area contributed by atoms with E-state index in [0.29, 0.717) is 5.92 Å². The average Bonchev–Trinajstić information content (AvgIpc) is 2.44. The van der Waals surface area contributed by atoms with Gasteiger partial charge in [-0.2, -0.15) is 0 Å². The molecule has 0 saturated carbocycles. The van der Waals surface area contributed by atoms with E-state index in [-0.39, 0.29) is 0 Å². The van der Waals surface area contributed by atoms with Crippen LogP contribution in [-0.2, 0) is 0 Å². The molecule has 19 heavy (non-hydrogen) atoms. The monoisotopic (exact) mass is 282 g/mol. The van der Waals surface area contributed by atoms with Gasteiger partial charge in [-0.1, -0.05) is 32.0 Å². The molecule has 0 radical (unpaired) electrons. The molecule has 1 aromatic rings. The van der Waals surface area contributed by atoms with Crippen molar-refractivity contribution in [1.82, 2.24) is 9.97 Å². The molecule has 0 saturated heterocycles. The van der Waals surface area contributed by atoms with E-state index in [1.165, 1.54) is 6.42 Å². The van der Waals surface area contributed by atoms with Crippen molar-refractivity contribution >= 4 is 23.4 Å². The molecule has 4 nitrogen and oxygen atoms in total. The zero-order valence-corrected chi connectivity index (χ0v) is 13.5. The number of anilines is 2. The lowest BCUT2D eigenvalue weighted by atomic mass is 10.1. The highest BCUT2D eigenvalue weighted by Gasteiger charge is 2.12. The Hall–Kier alpha value is -0.970. The standard InChI is InChI=1S/C14H26N4S/c1-6-11(4)10-18(8-3)13-9-12(15-7-2)16-14(17-13)19-5/h9,11H,6-8,10H2,1-5H3,(H,15,16,17). The van der Waals surface area contributed by atoms with Crippen LogP contribution >= 0.6 is 11.8 Å². The molecule has 0 aliphatic rings. The molecule has 0 bridgehead atoms. The Kier molecular flexibility index (Phi) is 6.99. The maximum absolute atomic E-state index is 4.63. The third-order valence-corrected chi connectivity index (χ3v) is 3.71. The predicted octanol–water partition coefficient (Wildman–Crippen LogP) is 3.50. The van der Waals surface area contributed by atoms with Crippen LogP contribution in [0.1, 0.15) is 34.1 Å². The van der Waals surface area contributed by atoms with E-state index in [4.69, 9.17) is 0 Å². The van der Waals surface area contributed by atoms with Crippen LogP contribution in [0.25, 0.3) is 0 Å². The van der Waals surface area contributed by atoms with E-state index in [1.807, 2.05) is 6.26 Å². The van der Waals surface area contributed by atoms with Gasteiger partial charge in [0.25, 0.3) is 0 Å². The Bertz CT molecular complexity index is 384. The molecule has 1 unspecified atom stereocenters. The van der Waals surface area contributed by atoms with Crippen LogP contribution in [-0.4, -0.2) is 35.9 Å². The van der Waals surface area contributed by atoms with Gasteiger partial charge in [0, 0.05) is 25.7 Å². The predicted molar refractivity (Wildman–Crippen MR) is 85.3 cm³/mol. The Labute approximate surface area is 121 Å². The number of aromatic nitrogens is 2. The molecule has 0 aromatic carbocycles. The normalized spacial score (nSPS) is 12.3. The second-order valence-corrected chi connectivity index (χ2v) is 5.45. The lowest BCUT2D eigenvalue weighted by molar-refractivity contribution is 0.544. The first-order chi connectivity index (χ1) is 9.14. The van der Waals surface area contributed by atoms with Gasteiger partial charge in [-0.3, -0.25) is 0 Å². The van der Waals surface area contributed by atoms with Crippen LogP contribution in [0.15, 0.2) is 11.2 Å². The van der Waals surface area contributed by atoms with Crippen LogP contribution in [0.5, 0.6) is 0 Å². The second-order valence-electron chi connectivity index (χ2n) is 4.68. The first kappa shape index (κ1) is 16.1. The molecule has 0 spiro atoms. The molecule has 1 aromatic heterocycles. The summed E-state index contributed by atoms with van der Waals surface area (Å²) in [5.41, 5.74) is 0. The average molecular weight is 282 g/mol. The summed E-state index contributed by atoms with van der Waals surface area (Å²) in [5, 5.41) is 4.11. The molecular formula is C14H26N4S. The molecule has 1 heterocycles. The quantitative estimate of drug-likeness (QED) is 0.584. The lowest BCUT2D eigenvalue weighted by Crippen LogP contribution is -2.29. The summed E-state index contributed by atoms with van der Waals surface area (Å²) in [6.45, 7) is 11.7. The van der Waals surface area contributed by atoms with Crippen molar-refractivity contribution in [1.29, 1.82) is 0 Å². The first-order valence-electron chi connectivity index (χ1n) is 7.06. The van der Waals surface area contributed by atoms with Gasteiger partial charge in [0.2, 0.25) is 0 Å². The van der Waals surface area contributed by atoms with E-state index < -0.39 is 0 Å². The van der Waals surface area contributed by atoms with E-state index in [1.54, 1.807) is 11.8 Å². The van der Waals surface area contributed by atoms with Gasteiger partial charge in [-0.15, -0.1) is 0 Å². The number of hydrogen-bond acceptors (Lipinski definition) is 5. The highest BCUT2D eigenvalue weighted by atomic mass is 32.2. The Morgan fingerprint density at radius 1 is 1.32 bits per heavy atom. The minimum absolute atomic E-state index is 0.676. The van der Waals surface area contributed by atoms with Crippen molar-refractivity contribution in [3.63, 3.8) is 0 Å². The van der Waals surface area contributed by atoms with Crippen LogP contribution in [0.4, 0.5) is 11.6 Å². The van der Waals surface area contributed by atoms with E-state index in [0.717, 1.165) is 36.4 Å². The fraction of sp³-hybridized carbons (Fsp3) is 0.714. The number of thioether (sulfide) groups is 1. The van der Waals surface area contributed by atoms with E-state index in [9.17, 15) is 0 Å². The molecular weight excluding hydrogens is 256 g/mol. The molecule has 108 valence electrons. The minimum Gasteiger partial charge on any atom is -0.370 e. The van der Waals surface area contributed by atoms with Crippen molar-refractivity contribution in [3.05, 3.63) is 6.07 Å². The Morgan fingerprint density at radius 3 is 2.58 bits per heavy atom. The third-order valence-electron chi connectivity index (χ3n) is 3.17. The van der Waals surface area contributed by atoms with Gasteiger partial charge in [0.05, 0.1) is 0 Å². The van der Waals surface area contributed by atoms with Crippen LogP contribution in [0.3, 0.4) is 0 Å². The lowest BCUT2D eigenvalue weighted by Gasteiger charge is -2.25. The van der Waals surface area contributed by atoms with E-state index >= 15 is 0 Å². The largest absolute Gasteiger partial charge is 0.370 e. The fourth-order valence-corrected chi connectivity index (χ4v) is 2.20. The summed E-state index contributed by atoms with van der Waals surface area (Å²) in [4.78, 5) is 11.4. The van der Waals surface area contributed by atoms with Crippen LogP contribution in [0.2, 0.25) is 0 Å². The number of hydrogen-bond donors (Lipinski definition) is 1. The summed E-state index contributed by atoms with van der Waals surface area (Å²) < 4.78 is 0. The van der Waals surface area contributed by atoms with Gasteiger partial charge in [0.1, 0.15) is 11.6 Å². The van der Waals surface area contributed by atoms with Crippen LogP contribution in [0, 0.1) is 5.92 Å². The summed E-state index contributed by atoms with van der Waals surface area (Å²) in [6.07, 6.45) is 3.21. The number of rotatable bonds is 8. The van der Waals surface area contributed by atoms with Gasteiger partial charge in [-0.25, -0.2) is 9.97 Å². The summed E-state index contributed by atoms with van der Waals surface area (Å²) in [6, 6.07) is 2.05. The molecule has 1 rings (SSSR count). The molecule has 0 aliphatic heterocycles. The van der Waals surface area contributed by atoms with Gasteiger partial charge in [0.15, 0.2) is 5.16 Å². The van der Waals surface area contributed by atoms with Gasteiger partial charge >= 0.3 is 0 Å². The number of nitrogens with zero attached hydrogens (tertiary/aromatic N) is 3. The maximum Gasteiger partial charge on any atom is 0.191 e. The Balaban J connectivity index is 2.97. The zero-order valence-electron chi connectivity index (χ0n) is 12.7. The highest BCUT2D eigenvalue weighted by molar-refractivity contribution is 7.98. The van der Waals surface area contributed by atoms with Crippen molar-refractivity contribution in [2.24, 2.45) is 5.92 Å². The van der Waals surface area contributed by atoms with Gasteiger partial charge < -0.3 is 10.2 Å². The first-order valence-corrected chi connectivity index (χ1v) is 8.28.